The lowest BCUT2D eigenvalue weighted by Crippen LogP contribution is -2.36. The molecule has 0 amide bonds. The monoisotopic (exact) mass is 268 g/mol. The topological polar surface area (TPSA) is 15.3 Å². The SMILES string of the molecule is CN(Cc1cccc2ccccc12)CC1CCCNC1. The van der Waals surface area contributed by atoms with Crippen LogP contribution in [0.4, 0.5) is 0 Å². The van der Waals surface area contributed by atoms with Gasteiger partial charge in [0.15, 0.2) is 0 Å². The molecule has 0 radical (unpaired) electrons. The zero-order valence-corrected chi connectivity index (χ0v) is 12.3. The number of piperidine rings is 1. The van der Waals surface area contributed by atoms with Gasteiger partial charge in [-0.05, 0) is 55.2 Å². The van der Waals surface area contributed by atoms with Crippen molar-refractivity contribution < 1.29 is 0 Å². The van der Waals surface area contributed by atoms with Gasteiger partial charge in [0.05, 0.1) is 0 Å². The van der Waals surface area contributed by atoms with Crippen molar-refractivity contribution in [1.82, 2.24) is 10.2 Å². The number of hydrogen-bond donors (Lipinski definition) is 1. The molecule has 1 aliphatic rings. The van der Waals surface area contributed by atoms with E-state index < -0.39 is 0 Å². The third kappa shape index (κ3) is 3.20. The quantitative estimate of drug-likeness (QED) is 0.915. The zero-order valence-electron chi connectivity index (χ0n) is 12.3. The van der Waals surface area contributed by atoms with Gasteiger partial charge in [-0.15, -0.1) is 0 Å². The molecule has 0 aliphatic carbocycles. The van der Waals surface area contributed by atoms with Crippen LogP contribution in [0.2, 0.25) is 0 Å². The van der Waals surface area contributed by atoms with E-state index in [9.17, 15) is 0 Å². The highest BCUT2D eigenvalue weighted by molar-refractivity contribution is 5.85. The normalized spacial score (nSPS) is 19.6. The van der Waals surface area contributed by atoms with Crippen LogP contribution in [-0.2, 0) is 6.54 Å². The minimum atomic E-state index is 0.809. The summed E-state index contributed by atoms with van der Waals surface area (Å²) < 4.78 is 0. The smallest absolute Gasteiger partial charge is 0.0236 e. The van der Waals surface area contributed by atoms with Gasteiger partial charge in [-0.25, -0.2) is 0 Å². The molecule has 0 saturated carbocycles. The molecule has 0 bridgehead atoms. The van der Waals surface area contributed by atoms with Crippen LogP contribution in [0.5, 0.6) is 0 Å². The van der Waals surface area contributed by atoms with Crippen molar-refractivity contribution in [1.29, 1.82) is 0 Å². The molecule has 0 spiro atoms. The van der Waals surface area contributed by atoms with Gasteiger partial charge >= 0.3 is 0 Å². The van der Waals surface area contributed by atoms with E-state index >= 15 is 0 Å². The maximum atomic E-state index is 3.51. The fraction of sp³-hybridized carbons (Fsp3) is 0.444. The molecule has 1 fully saturated rings. The molecule has 1 saturated heterocycles. The second kappa shape index (κ2) is 6.38. The largest absolute Gasteiger partial charge is 0.316 e. The molecular weight excluding hydrogens is 244 g/mol. The molecule has 106 valence electrons. The Hall–Kier alpha value is -1.38. The molecule has 2 nitrogen and oxygen atoms in total. The van der Waals surface area contributed by atoms with Crippen LogP contribution in [0.15, 0.2) is 42.5 Å². The molecule has 2 aromatic rings. The number of benzene rings is 2. The van der Waals surface area contributed by atoms with Crippen molar-refractivity contribution in [2.45, 2.75) is 19.4 Å². The molecule has 1 N–H and O–H groups in total. The summed E-state index contributed by atoms with van der Waals surface area (Å²) in [7, 11) is 2.25. The number of fused-ring (bicyclic) bond motifs is 1. The van der Waals surface area contributed by atoms with Crippen molar-refractivity contribution in [2.75, 3.05) is 26.7 Å². The summed E-state index contributed by atoms with van der Waals surface area (Å²) >= 11 is 0. The number of nitrogens with zero attached hydrogens (tertiary/aromatic N) is 1. The van der Waals surface area contributed by atoms with Crippen molar-refractivity contribution in [3.05, 3.63) is 48.0 Å². The second-order valence-electron chi connectivity index (χ2n) is 6.05. The second-order valence-corrected chi connectivity index (χ2v) is 6.05. The molecule has 1 aliphatic heterocycles. The molecule has 2 heteroatoms. The molecule has 0 aromatic heterocycles. The van der Waals surface area contributed by atoms with Gasteiger partial charge in [-0.2, -0.15) is 0 Å². The van der Waals surface area contributed by atoms with E-state index in [1.54, 1.807) is 0 Å². The van der Waals surface area contributed by atoms with Crippen LogP contribution in [0.25, 0.3) is 10.8 Å². The fourth-order valence-corrected chi connectivity index (χ4v) is 3.31. The van der Waals surface area contributed by atoms with E-state index in [0.717, 1.165) is 12.5 Å². The van der Waals surface area contributed by atoms with E-state index in [0.29, 0.717) is 0 Å². The van der Waals surface area contributed by atoms with Gasteiger partial charge < -0.3 is 10.2 Å². The van der Waals surface area contributed by atoms with Gasteiger partial charge in [-0.1, -0.05) is 42.5 Å². The molecule has 1 unspecified atom stereocenters. The summed E-state index contributed by atoms with van der Waals surface area (Å²) in [4.78, 5) is 2.47. The lowest BCUT2D eigenvalue weighted by Gasteiger charge is -2.27. The third-order valence-electron chi connectivity index (χ3n) is 4.29. The van der Waals surface area contributed by atoms with Crippen LogP contribution in [0, 0.1) is 5.92 Å². The minimum Gasteiger partial charge on any atom is -0.316 e. The van der Waals surface area contributed by atoms with E-state index in [-0.39, 0.29) is 0 Å². The lowest BCUT2D eigenvalue weighted by molar-refractivity contribution is 0.238. The first-order valence-corrected chi connectivity index (χ1v) is 7.69. The van der Waals surface area contributed by atoms with Gasteiger partial charge in [-0.3, -0.25) is 0 Å². The Morgan fingerprint density at radius 1 is 1.15 bits per heavy atom. The van der Waals surface area contributed by atoms with Crippen LogP contribution in [0.3, 0.4) is 0 Å². The highest BCUT2D eigenvalue weighted by atomic mass is 15.1. The van der Waals surface area contributed by atoms with E-state index in [4.69, 9.17) is 0 Å². The lowest BCUT2D eigenvalue weighted by atomic mass is 9.98. The van der Waals surface area contributed by atoms with E-state index in [2.05, 4.69) is 59.7 Å². The molecule has 1 heterocycles. The summed E-state index contributed by atoms with van der Waals surface area (Å²) in [5, 5.41) is 6.24. The van der Waals surface area contributed by atoms with Gasteiger partial charge in [0.1, 0.15) is 0 Å². The first-order chi connectivity index (χ1) is 9.83. The first kappa shape index (κ1) is 13.6. The summed E-state index contributed by atoms with van der Waals surface area (Å²) in [6.07, 6.45) is 2.69. The Morgan fingerprint density at radius 2 is 2.00 bits per heavy atom. The molecule has 1 atom stereocenters. The van der Waals surface area contributed by atoms with Gasteiger partial charge in [0.25, 0.3) is 0 Å². The maximum absolute atomic E-state index is 3.51. The maximum Gasteiger partial charge on any atom is 0.0236 e. The van der Waals surface area contributed by atoms with E-state index in [1.165, 1.54) is 48.8 Å². The zero-order chi connectivity index (χ0) is 13.8. The van der Waals surface area contributed by atoms with Crippen LogP contribution >= 0.6 is 0 Å². The Balaban J connectivity index is 1.69. The Kier molecular flexibility index (Phi) is 4.34. The predicted octanol–water partition coefficient (Wildman–Crippen LogP) is 3.27. The van der Waals surface area contributed by atoms with Crippen molar-refractivity contribution >= 4 is 10.8 Å². The molecule has 3 rings (SSSR count). The number of rotatable bonds is 4. The van der Waals surface area contributed by atoms with Crippen LogP contribution in [0.1, 0.15) is 18.4 Å². The highest BCUT2D eigenvalue weighted by Crippen LogP contribution is 2.20. The summed E-state index contributed by atoms with van der Waals surface area (Å²) in [5.74, 6) is 0.809. The van der Waals surface area contributed by atoms with Crippen molar-refractivity contribution in [2.24, 2.45) is 5.92 Å². The Bertz CT molecular complexity index is 553. The van der Waals surface area contributed by atoms with Crippen LogP contribution in [-0.4, -0.2) is 31.6 Å². The summed E-state index contributed by atoms with van der Waals surface area (Å²) in [6, 6.07) is 15.3. The number of nitrogens with one attached hydrogen (secondary N) is 1. The molecule has 2 aromatic carbocycles. The Morgan fingerprint density at radius 3 is 2.85 bits per heavy atom. The standard InChI is InChI=1S/C18H24N2/c1-20(13-15-6-5-11-19-12-15)14-17-9-4-8-16-7-2-3-10-18(16)17/h2-4,7-10,15,19H,5-6,11-14H2,1H3. The fourth-order valence-electron chi connectivity index (χ4n) is 3.31. The molecular formula is C18H24N2. The van der Waals surface area contributed by atoms with Gasteiger partial charge in [0.2, 0.25) is 0 Å². The third-order valence-corrected chi connectivity index (χ3v) is 4.29. The van der Waals surface area contributed by atoms with Crippen molar-refractivity contribution in [3.8, 4) is 0 Å². The summed E-state index contributed by atoms with van der Waals surface area (Å²) in [5.41, 5.74) is 1.44. The average molecular weight is 268 g/mol. The van der Waals surface area contributed by atoms with Crippen LogP contribution < -0.4 is 5.32 Å². The summed E-state index contributed by atoms with van der Waals surface area (Å²) in [6.45, 7) is 4.61. The number of hydrogen-bond acceptors (Lipinski definition) is 2. The average Bonchev–Trinajstić information content (AvgIpc) is 2.48. The predicted molar refractivity (Wildman–Crippen MR) is 85.9 cm³/mol. The molecule has 20 heavy (non-hydrogen) atoms. The van der Waals surface area contributed by atoms with Crippen molar-refractivity contribution in [3.63, 3.8) is 0 Å². The first-order valence-electron chi connectivity index (χ1n) is 7.69. The highest BCUT2D eigenvalue weighted by Gasteiger charge is 2.15. The van der Waals surface area contributed by atoms with Gasteiger partial charge in [0, 0.05) is 13.1 Å². The minimum absolute atomic E-state index is 0.809. The Labute approximate surface area is 121 Å². The van der Waals surface area contributed by atoms with E-state index in [1.807, 2.05) is 0 Å².